The van der Waals surface area contributed by atoms with E-state index in [0.717, 1.165) is 24.1 Å². The van der Waals surface area contributed by atoms with E-state index in [0.29, 0.717) is 23.9 Å². The van der Waals surface area contributed by atoms with Gasteiger partial charge in [0.2, 0.25) is 5.91 Å². The Morgan fingerprint density at radius 1 is 1.44 bits per heavy atom. The molecule has 1 aromatic carbocycles. The van der Waals surface area contributed by atoms with Gasteiger partial charge in [0.15, 0.2) is 0 Å². The fourth-order valence-corrected chi connectivity index (χ4v) is 1.94. The van der Waals surface area contributed by atoms with E-state index < -0.39 is 0 Å². The Morgan fingerprint density at radius 3 is 2.83 bits per heavy atom. The van der Waals surface area contributed by atoms with Crippen molar-refractivity contribution in [2.45, 2.75) is 33.1 Å². The quantitative estimate of drug-likeness (QED) is 0.831. The number of carbonyl (C=O) groups is 1. The number of carbonyl (C=O) groups excluding carboxylic acids is 1. The average Bonchev–Trinajstić information content (AvgIpc) is 2.33. The fourth-order valence-electron chi connectivity index (χ4n) is 1.76. The van der Waals surface area contributed by atoms with E-state index in [9.17, 15) is 4.79 Å². The summed E-state index contributed by atoms with van der Waals surface area (Å²) in [6, 6.07) is 5.51. The largest absolute Gasteiger partial charge is 0.330 e. The van der Waals surface area contributed by atoms with E-state index in [4.69, 9.17) is 17.3 Å². The maximum atomic E-state index is 11.8. The molecule has 0 radical (unpaired) electrons. The molecular formula is C14H21ClN2O. The molecule has 18 heavy (non-hydrogen) atoms. The molecule has 0 aliphatic heterocycles. The standard InChI is InChI=1S/C14H21ClN2O/c1-10(8-9-16)6-7-14(18)17-13-5-3-4-12(15)11(13)2/h3-5,10H,6-9,16H2,1-2H3,(H,17,18). The van der Waals surface area contributed by atoms with Crippen molar-refractivity contribution < 1.29 is 4.79 Å². The van der Waals surface area contributed by atoms with Crippen LogP contribution in [0.5, 0.6) is 0 Å². The van der Waals surface area contributed by atoms with Gasteiger partial charge in [-0.2, -0.15) is 0 Å². The van der Waals surface area contributed by atoms with Gasteiger partial charge in [0, 0.05) is 17.1 Å². The van der Waals surface area contributed by atoms with Gasteiger partial charge in [-0.25, -0.2) is 0 Å². The number of benzene rings is 1. The van der Waals surface area contributed by atoms with Gasteiger partial charge in [-0.05, 0) is 49.9 Å². The lowest BCUT2D eigenvalue weighted by molar-refractivity contribution is -0.116. The van der Waals surface area contributed by atoms with Crippen molar-refractivity contribution in [3.63, 3.8) is 0 Å². The van der Waals surface area contributed by atoms with E-state index in [-0.39, 0.29) is 5.91 Å². The van der Waals surface area contributed by atoms with Gasteiger partial charge in [0.05, 0.1) is 0 Å². The number of halogens is 1. The lowest BCUT2D eigenvalue weighted by Gasteiger charge is -2.11. The minimum atomic E-state index is 0.0317. The van der Waals surface area contributed by atoms with Crippen molar-refractivity contribution in [2.75, 3.05) is 11.9 Å². The molecular weight excluding hydrogens is 248 g/mol. The highest BCUT2D eigenvalue weighted by atomic mass is 35.5. The molecule has 0 bridgehead atoms. The van der Waals surface area contributed by atoms with E-state index in [2.05, 4.69) is 12.2 Å². The summed E-state index contributed by atoms with van der Waals surface area (Å²) in [5.74, 6) is 0.519. The van der Waals surface area contributed by atoms with E-state index in [1.54, 1.807) is 0 Å². The summed E-state index contributed by atoms with van der Waals surface area (Å²) < 4.78 is 0. The lowest BCUT2D eigenvalue weighted by Crippen LogP contribution is -2.14. The molecule has 0 saturated carbocycles. The van der Waals surface area contributed by atoms with Crippen molar-refractivity contribution >= 4 is 23.2 Å². The second-order valence-electron chi connectivity index (χ2n) is 4.68. The van der Waals surface area contributed by atoms with Crippen molar-refractivity contribution in [1.82, 2.24) is 0 Å². The molecule has 0 spiro atoms. The SMILES string of the molecule is Cc1c(Cl)cccc1NC(=O)CCC(C)CCN. The lowest BCUT2D eigenvalue weighted by atomic mass is 10.0. The average molecular weight is 269 g/mol. The summed E-state index contributed by atoms with van der Waals surface area (Å²) in [5.41, 5.74) is 7.18. The minimum Gasteiger partial charge on any atom is -0.330 e. The Morgan fingerprint density at radius 2 is 2.17 bits per heavy atom. The van der Waals surface area contributed by atoms with Crippen LogP contribution in [0, 0.1) is 12.8 Å². The normalized spacial score (nSPS) is 12.2. The maximum absolute atomic E-state index is 11.8. The molecule has 1 rings (SSSR count). The van der Waals surface area contributed by atoms with Gasteiger partial charge >= 0.3 is 0 Å². The molecule has 100 valence electrons. The van der Waals surface area contributed by atoms with Crippen molar-refractivity contribution in [3.8, 4) is 0 Å². The minimum absolute atomic E-state index is 0.0317. The predicted octanol–water partition coefficient (Wildman–Crippen LogP) is 3.35. The Kier molecular flexibility index (Phi) is 6.16. The van der Waals surface area contributed by atoms with Gasteiger partial charge in [-0.3, -0.25) is 4.79 Å². The first-order chi connectivity index (χ1) is 8.54. The van der Waals surface area contributed by atoms with Crippen LogP contribution in [0.4, 0.5) is 5.69 Å². The van der Waals surface area contributed by atoms with Gasteiger partial charge in [-0.1, -0.05) is 24.6 Å². The Labute approximate surface area is 114 Å². The molecule has 0 aromatic heterocycles. The highest BCUT2D eigenvalue weighted by Gasteiger charge is 2.08. The van der Waals surface area contributed by atoms with Gasteiger partial charge in [0.1, 0.15) is 0 Å². The monoisotopic (exact) mass is 268 g/mol. The number of amides is 1. The van der Waals surface area contributed by atoms with Crippen LogP contribution in [0.15, 0.2) is 18.2 Å². The van der Waals surface area contributed by atoms with E-state index in [1.807, 2.05) is 25.1 Å². The van der Waals surface area contributed by atoms with Crippen LogP contribution in [-0.4, -0.2) is 12.5 Å². The molecule has 3 N–H and O–H groups in total. The zero-order valence-electron chi connectivity index (χ0n) is 11.0. The van der Waals surface area contributed by atoms with Crippen LogP contribution in [0.2, 0.25) is 5.02 Å². The summed E-state index contributed by atoms with van der Waals surface area (Å²) in [7, 11) is 0. The van der Waals surface area contributed by atoms with Gasteiger partial charge in [-0.15, -0.1) is 0 Å². The zero-order valence-corrected chi connectivity index (χ0v) is 11.8. The predicted molar refractivity (Wildman–Crippen MR) is 76.9 cm³/mol. The molecule has 0 heterocycles. The Hall–Kier alpha value is -1.06. The number of rotatable bonds is 6. The van der Waals surface area contributed by atoms with Crippen molar-refractivity contribution in [3.05, 3.63) is 28.8 Å². The third-order valence-corrected chi connectivity index (χ3v) is 3.47. The highest BCUT2D eigenvalue weighted by Crippen LogP contribution is 2.23. The molecule has 1 unspecified atom stereocenters. The van der Waals surface area contributed by atoms with Gasteiger partial charge < -0.3 is 11.1 Å². The van der Waals surface area contributed by atoms with Crippen LogP contribution in [0.3, 0.4) is 0 Å². The first-order valence-corrected chi connectivity index (χ1v) is 6.67. The zero-order chi connectivity index (χ0) is 13.5. The number of nitrogens with one attached hydrogen (secondary N) is 1. The molecule has 3 nitrogen and oxygen atoms in total. The number of hydrogen-bond donors (Lipinski definition) is 2. The molecule has 1 amide bonds. The van der Waals surface area contributed by atoms with E-state index in [1.165, 1.54) is 0 Å². The molecule has 1 aromatic rings. The summed E-state index contributed by atoms with van der Waals surface area (Å²) in [6.45, 7) is 4.69. The second kappa shape index (κ2) is 7.39. The van der Waals surface area contributed by atoms with Gasteiger partial charge in [0.25, 0.3) is 0 Å². The van der Waals surface area contributed by atoms with Crippen LogP contribution in [-0.2, 0) is 4.79 Å². The highest BCUT2D eigenvalue weighted by molar-refractivity contribution is 6.31. The molecule has 0 saturated heterocycles. The molecule has 4 heteroatoms. The summed E-state index contributed by atoms with van der Waals surface area (Å²) >= 11 is 6.00. The summed E-state index contributed by atoms with van der Waals surface area (Å²) in [5, 5.41) is 3.56. The van der Waals surface area contributed by atoms with Crippen molar-refractivity contribution in [1.29, 1.82) is 0 Å². The number of nitrogens with two attached hydrogens (primary N) is 1. The third-order valence-electron chi connectivity index (χ3n) is 3.07. The van der Waals surface area contributed by atoms with Crippen molar-refractivity contribution in [2.24, 2.45) is 11.7 Å². The first-order valence-electron chi connectivity index (χ1n) is 6.29. The second-order valence-corrected chi connectivity index (χ2v) is 5.09. The molecule has 0 aliphatic carbocycles. The van der Waals surface area contributed by atoms with E-state index >= 15 is 0 Å². The van der Waals surface area contributed by atoms with Crippen LogP contribution in [0.1, 0.15) is 31.7 Å². The Balaban J connectivity index is 2.47. The number of anilines is 1. The maximum Gasteiger partial charge on any atom is 0.224 e. The molecule has 0 aliphatic rings. The molecule has 0 fully saturated rings. The van der Waals surface area contributed by atoms with Crippen LogP contribution in [0.25, 0.3) is 0 Å². The number of hydrogen-bond acceptors (Lipinski definition) is 2. The third kappa shape index (κ3) is 4.67. The fraction of sp³-hybridized carbons (Fsp3) is 0.500. The topological polar surface area (TPSA) is 55.1 Å². The summed E-state index contributed by atoms with van der Waals surface area (Å²) in [4.78, 5) is 11.8. The summed E-state index contributed by atoms with van der Waals surface area (Å²) in [6.07, 6.45) is 2.35. The Bertz CT molecular complexity index is 407. The van der Waals surface area contributed by atoms with Crippen LogP contribution >= 0.6 is 11.6 Å². The first kappa shape index (κ1) is 15.0. The smallest absolute Gasteiger partial charge is 0.224 e. The van der Waals surface area contributed by atoms with Crippen LogP contribution < -0.4 is 11.1 Å². The molecule has 1 atom stereocenters.